The zero-order valence-corrected chi connectivity index (χ0v) is 78.8. The smallest absolute Gasteiger partial charge is 0.276 e. The maximum atomic E-state index is 15.3. The van der Waals surface area contributed by atoms with Gasteiger partial charge in [-0.3, -0.25) is 57.4 Å². The first kappa shape index (κ1) is 99.4. The second kappa shape index (κ2) is 39.8. The molecule has 15 rings (SSSR count). The predicted octanol–water partition coefficient (Wildman–Crippen LogP) is 19.1. The molecule has 135 heavy (non-hydrogen) atoms. The van der Waals surface area contributed by atoms with Crippen molar-refractivity contribution >= 4 is 161 Å². The van der Waals surface area contributed by atoms with Gasteiger partial charge in [-0.25, -0.2) is 45.7 Å². The van der Waals surface area contributed by atoms with Crippen LogP contribution in [0.5, 0.6) is 17.2 Å². The highest BCUT2D eigenvalue weighted by Crippen LogP contribution is 2.51. The highest BCUT2D eigenvalue weighted by atomic mass is 35.5. The minimum Gasteiger partial charge on any atom is -0.504 e. The molecule has 3 aliphatic rings. The number of pyridine rings is 9. The third kappa shape index (κ3) is 17.7. The van der Waals surface area contributed by atoms with Gasteiger partial charge in [0.1, 0.15) is 66.9 Å². The molecule has 3 saturated heterocycles. The summed E-state index contributed by atoms with van der Waals surface area (Å²) in [5.41, 5.74) is -1.57. The maximum absolute atomic E-state index is 15.3. The van der Waals surface area contributed by atoms with Gasteiger partial charge < -0.3 is 44.7 Å². The van der Waals surface area contributed by atoms with Crippen LogP contribution in [0, 0.1) is 95.5 Å². The molecule has 12 aromatic rings. The van der Waals surface area contributed by atoms with Gasteiger partial charge in [0.2, 0.25) is 17.7 Å². The van der Waals surface area contributed by atoms with Crippen LogP contribution in [0.25, 0.3) is 83.9 Å². The zero-order valence-electron chi connectivity index (χ0n) is 72.8. The molecule has 27 nitrogen and oxygen atoms in total. The number of carbonyl (C=O) groups is 3. The quantitative estimate of drug-likeness (QED) is 0.0371. The first-order valence-electron chi connectivity index (χ1n) is 41.1. The first-order chi connectivity index (χ1) is 64.0. The predicted molar refractivity (Wildman–Crippen MR) is 504 cm³/mol. The summed E-state index contributed by atoms with van der Waals surface area (Å²) in [4.78, 5) is 117. The molecule has 0 unspecified atom stereocenters. The van der Waals surface area contributed by atoms with Crippen LogP contribution in [0.4, 0.5) is 47.8 Å². The van der Waals surface area contributed by atoms with Gasteiger partial charge in [-0.2, -0.15) is 15.8 Å². The SMILES string of the molecule is C=CC(=O)N1CCN(c2c(C#N)c(=O)n(-c3c(C)ccnc3C(C)C)c3nc(-c4c(O)c(F)c(Cl)c(F)c4Cl)c(Cl)cc23)CC1.C=CC(=O)N1CCN(c2c(C#N)c(=O)n(-c3c(C)ccnc3C(C)C)c3nc(-c4c(O)c(F)c(Cl)c(F)c4Cl)c(Cl)cc23)CC1.C=CC(=O)N1CCN(c2c(C#N)c(=O)n(-c3c(C)ccnc3C(C)C)c3nc(-c4c(O)c(F)c(Cl)c(F)c4F)c(Cl)cc23)CC1. The van der Waals surface area contributed by atoms with Crippen LogP contribution < -0.4 is 31.4 Å². The van der Waals surface area contributed by atoms with Crippen LogP contribution >= 0.6 is 92.8 Å². The fourth-order valence-electron chi connectivity index (χ4n) is 16.4. The number of halogens is 15. The number of amides is 3. The average Bonchev–Trinajstić information content (AvgIpc) is 0.728. The lowest BCUT2D eigenvalue weighted by atomic mass is 10.0. The minimum atomic E-state index is -1.77. The van der Waals surface area contributed by atoms with Gasteiger partial charge in [-0.15, -0.1) is 0 Å². The third-order valence-electron chi connectivity index (χ3n) is 23.0. The lowest BCUT2D eigenvalue weighted by Crippen LogP contribution is -2.49. The van der Waals surface area contributed by atoms with E-state index in [-0.39, 0.29) is 207 Å². The number of rotatable bonds is 15. The Balaban J connectivity index is 0.000000171. The molecule has 0 radical (unpaired) electrons. The lowest BCUT2D eigenvalue weighted by molar-refractivity contribution is -0.127. The summed E-state index contributed by atoms with van der Waals surface area (Å²) in [6, 6.07) is 15.2. The zero-order chi connectivity index (χ0) is 98.7. The number of fused-ring (bicyclic) bond motifs is 3. The second-order valence-electron chi connectivity index (χ2n) is 32.0. The van der Waals surface area contributed by atoms with E-state index < -0.39 is 122 Å². The van der Waals surface area contributed by atoms with Crippen LogP contribution in [-0.2, 0) is 14.4 Å². The van der Waals surface area contributed by atoms with Gasteiger partial charge in [0.05, 0.1) is 110 Å². The number of phenols is 3. The number of carbonyl (C=O) groups excluding carboxylic acids is 3. The summed E-state index contributed by atoms with van der Waals surface area (Å²) in [5, 5.41) is 58.2. The molecule has 3 fully saturated rings. The number of piperazine rings is 3. The van der Waals surface area contributed by atoms with Gasteiger partial charge in [-0.1, -0.05) is 154 Å². The number of aryl methyl sites for hydroxylation is 3. The number of benzene rings is 3. The Labute approximate surface area is 804 Å². The molecule has 0 bridgehead atoms. The Hall–Kier alpha value is -13.1. The fraction of sp³-hybridized carbons (Fsp3) is 0.258. The van der Waals surface area contributed by atoms with Crippen molar-refractivity contribution in [2.75, 3.05) is 93.2 Å². The molecule has 696 valence electrons. The molecule has 3 aromatic carbocycles. The number of anilines is 3. The number of hydrogen-bond donors (Lipinski definition) is 3. The third-order valence-corrected chi connectivity index (χ3v) is 25.6. The van der Waals surface area contributed by atoms with E-state index in [2.05, 4.69) is 49.6 Å². The summed E-state index contributed by atoms with van der Waals surface area (Å²) < 4.78 is 107. The molecule has 0 saturated carbocycles. The molecule has 0 atom stereocenters. The van der Waals surface area contributed by atoms with E-state index in [4.69, 9.17) is 92.8 Å². The molecular formula is C93H75Cl8F7N18O9. The average molecular weight is 2010 g/mol. The topological polar surface area (TPSA) is 346 Å². The van der Waals surface area contributed by atoms with Crippen LogP contribution in [0.15, 0.2) is 107 Å². The van der Waals surface area contributed by atoms with Crippen molar-refractivity contribution in [1.82, 2.24) is 58.3 Å². The monoisotopic (exact) mass is 2000 g/mol. The summed E-state index contributed by atoms with van der Waals surface area (Å²) in [6.07, 6.45) is 8.37. The fourth-order valence-corrected chi connectivity index (χ4v) is 18.4. The first-order valence-corrected chi connectivity index (χ1v) is 44.1. The molecule has 9 aromatic heterocycles. The van der Waals surface area contributed by atoms with Crippen molar-refractivity contribution in [2.24, 2.45) is 0 Å². The molecule has 3 N–H and O–H groups in total. The number of phenolic OH excluding ortho intramolecular Hbond substituents is 3. The van der Waals surface area contributed by atoms with Crippen LogP contribution in [-0.4, -0.2) is 170 Å². The van der Waals surface area contributed by atoms with E-state index >= 15 is 4.39 Å². The Bertz CT molecular complexity index is 6650. The summed E-state index contributed by atoms with van der Waals surface area (Å²) in [6.45, 7) is 30.2. The molecule has 3 aliphatic heterocycles. The van der Waals surface area contributed by atoms with E-state index in [1.807, 2.05) is 59.8 Å². The van der Waals surface area contributed by atoms with E-state index in [1.165, 1.54) is 45.6 Å². The van der Waals surface area contributed by atoms with Crippen molar-refractivity contribution in [3.63, 3.8) is 0 Å². The van der Waals surface area contributed by atoms with Crippen molar-refractivity contribution in [1.29, 1.82) is 15.8 Å². The normalized spacial score (nSPS) is 13.4. The van der Waals surface area contributed by atoms with Crippen molar-refractivity contribution < 1.29 is 60.4 Å². The van der Waals surface area contributed by atoms with Gasteiger partial charge in [0.15, 0.2) is 58.0 Å². The van der Waals surface area contributed by atoms with Crippen LogP contribution in [0.1, 0.15) is 110 Å². The van der Waals surface area contributed by atoms with Crippen molar-refractivity contribution in [2.45, 2.75) is 80.1 Å². The largest absolute Gasteiger partial charge is 0.504 e. The number of nitrogens with zero attached hydrogens (tertiary/aromatic N) is 18. The molecule has 3 amide bonds. The standard InChI is InChI=1S/2C31H25Cl3F2N6O3.C31H25Cl2F3N6O3/c2*1-5-19(43)40-8-10-41(11-9-40)28-16-12-18(32)26(20-21(33)23(35)22(34)24(36)29(20)44)39-30(16)42(31(45)17(28)13-37)27-15(4)6-7-38-25(27)14(2)3;1-5-19(43)40-8-10-41(11-9-40)28-16-12-18(32)26(20-22(34)23(35)21(33)24(36)29(20)44)39-30(16)42(31(45)17(28)13-37)27-15(4)6-7-38-25(27)14(2)3/h3*5-7,12,14,44H,1,8-11H2,2-4H3. The molecular weight excluding hydrogens is 1930 g/mol. The number of aromatic hydroxyl groups is 3. The van der Waals surface area contributed by atoms with Crippen LogP contribution in [0.2, 0.25) is 40.2 Å². The van der Waals surface area contributed by atoms with Gasteiger partial charge in [0.25, 0.3) is 16.7 Å². The number of hydrogen-bond acceptors (Lipinski definition) is 21. The number of aromatic nitrogens is 9. The van der Waals surface area contributed by atoms with Crippen molar-refractivity contribution in [3.05, 3.63) is 255 Å². The molecule has 12 heterocycles. The van der Waals surface area contributed by atoms with E-state index in [0.717, 1.165) is 4.57 Å². The summed E-state index contributed by atoms with van der Waals surface area (Å²) in [5.74, 6) is -15.6. The van der Waals surface area contributed by atoms with Crippen LogP contribution in [0.3, 0.4) is 0 Å². The highest BCUT2D eigenvalue weighted by Gasteiger charge is 2.39. The number of nitriles is 3. The second-order valence-corrected chi connectivity index (χ2v) is 35.1. The van der Waals surface area contributed by atoms with E-state index in [9.17, 15) is 86.2 Å². The summed E-state index contributed by atoms with van der Waals surface area (Å²) >= 11 is 49.3. The van der Waals surface area contributed by atoms with Gasteiger partial charge >= 0.3 is 0 Å². The molecule has 42 heteroatoms. The highest BCUT2D eigenvalue weighted by molar-refractivity contribution is 6.40. The minimum absolute atomic E-state index is 0.0396. The molecule has 0 aliphatic carbocycles. The van der Waals surface area contributed by atoms with E-state index in [1.54, 1.807) is 87.0 Å². The van der Waals surface area contributed by atoms with Crippen molar-refractivity contribution in [3.8, 4) is 86.3 Å². The van der Waals surface area contributed by atoms with E-state index in [0.29, 0.717) is 50.8 Å². The van der Waals surface area contributed by atoms with Gasteiger partial charge in [-0.05, 0) is 110 Å². The molecule has 0 spiro atoms. The lowest BCUT2D eigenvalue weighted by Gasteiger charge is -2.36. The van der Waals surface area contributed by atoms with Gasteiger partial charge in [0, 0.05) is 113 Å². The Morgan fingerprint density at radius 2 is 0.622 bits per heavy atom. The Morgan fingerprint density at radius 1 is 0.378 bits per heavy atom. The summed E-state index contributed by atoms with van der Waals surface area (Å²) in [7, 11) is 0. The maximum Gasteiger partial charge on any atom is 0.276 e. The Kier molecular flexibility index (Phi) is 29.3. The Morgan fingerprint density at radius 3 is 0.867 bits per heavy atom.